The van der Waals surface area contributed by atoms with Crippen LogP contribution in [0.15, 0.2) is 60.9 Å². The Hall–Kier alpha value is -3.61. The number of rotatable bonds is 3. The molecule has 7 nitrogen and oxygen atoms in total. The lowest BCUT2D eigenvalue weighted by Crippen LogP contribution is -2.50. The van der Waals surface area contributed by atoms with Crippen molar-refractivity contribution in [1.29, 1.82) is 0 Å². The minimum Gasteiger partial charge on any atom is -0.480 e. The minimum absolute atomic E-state index is 0.106. The maximum Gasteiger partial charge on any atom is 0.234 e. The molecule has 2 aromatic carbocycles. The van der Waals surface area contributed by atoms with Crippen LogP contribution in [0, 0.1) is 0 Å². The first-order chi connectivity index (χ1) is 14.7. The van der Waals surface area contributed by atoms with E-state index in [1.807, 2.05) is 53.4 Å². The van der Waals surface area contributed by atoms with Crippen molar-refractivity contribution in [3.8, 4) is 17.4 Å². The van der Waals surface area contributed by atoms with Crippen molar-refractivity contribution >= 4 is 11.7 Å². The van der Waals surface area contributed by atoms with Crippen LogP contribution in [-0.4, -0.2) is 54.1 Å². The van der Waals surface area contributed by atoms with Crippen molar-refractivity contribution in [1.82, 2.24) is 14.9 Å². The molecular weight excluding hydrogens is 380 g/mol. The van der Waals surface area contributed by atoms with Gasteiger partial charge in [0.05, 0.1) is 25.4 Å². The van der Waals surface area contributed by atoms with E-state index in [9.17, 15) is 4.79 Å². The van der Waals surface area contributed by atoms with Gasteiger partial charge in [-0.25, -0.2) is 0 Å². The first kappa shape index (κ1) is 18.4. The highest BCUT2D eigenvalue weighted by Gasteiger charge is 2.36. The molecule has 152 valence electrons. The number of benzene rings is 2. The van der Waals surface area contributed by atoms with Gasteiger partial charge >= 0.3 is 0 Å². The fourth-order valence-corrected chi connectivity index (χ4v) is 4.10. The zero-order valence-corrected chi connectivity index (χ0v) is 16.7. The van der Waals surface area contributed by atoms with E-state index < -0.39 is 0 Å². The molecule has 30 heavy (non-hydrogen) atoms. The Morgan fingerprint density at radius 2 is 1.60 bits per heavy atom. The lowest BCUT2D eigenvalue weighted by molar-refractivity contribution is -0.132. The van der Waals surface area contributed by atoms with Gasteiger partial charge in [-0.2, -0.15) is 4.98 Å². The molecule has 2 aliphatic rings. The molecule has 1 amide bonds. The SMILES string of the molecule is COc1cncc(N2CCN(C(=O)C3c4ccccc4Oc4ccccc43)CC2)n1. The van der Waals surface area contributed by atoms with Crippen LogP contribution in [0.2, 0.25) is 0 Å². The topological polar surface area (TPSA) is 67.8 Å². The van der Waals surface area contributed by atoms with Gasteiger partial charge in [-0.3, -0.25) is 9.78 Å². The van der Waals surface area contributed by atoms with Gasteiger partial charge < -0.3 is 19.3 Å². The Morgan fingerprint density at radius 3 is 2.23 bits per heavy atom. The number of para-hydroxylation sites is 2. The molecule has 0 bridgehead atoms. The second kappa shape index (κ2) is 7.67. The van der Waals surface area contributed by atoms with Gasteiger partial charge in [0.1, 0.15) is 11.5 Å². The number of amides is 1. The summed E-state index contributed by atoms with van der Waals surface area (Å²) in [5, 5.41) is 0. The molecule has 1 fully saturated rings. The number of hydrogen-bond donors (Lipinski definition) is 0. The quantitative estimate of drug-likeness (QED) is 0.671. The van der Waals surface area contributed by atoms with E-state index in [0.29, 0.717) is 32.1 Å². The van der Waals surface area contributed by atoms with E-state index in [1.165, 1.54) is 0 Å². The van der Waals surface area contributed by atoms with Crippen LogP contribution >= 0.6 is 0 Å². The number of piperazine rings is 1. The van der Waals surface area contributed by atoms with E-state index in [1.54, 1.807) is 19.5 Å². The van der Waals surface area contributed by atoms with Crippen molar-refractivity contribution < 1.29 is 14.3 Å². The Kier molecular flexibility index (Phi) is 4.71. The summed E-state index contributed by atoms with van der Waals surface area (Å²) in [6, 6.07) is 15.6. The molecule has 0 saturated carbocycles. The first-order valence-corrected chi connectivity index (χ1v) is 10.00. The third-order valence-electron chi connectivity index (χ3n) is 5.65. The third-order valence-corrected chi connectivity index (χ3v) is 5.65. The van der Waals surface area contributed by atoms with E-state index in [4.69, 9.17) is 9.47 Å². The number of carbonyl (C=O) groups is 1. The van der Waals surface area contributed by atoms with Gasteiger partial charge in [0, 0.05) is 37.3 Å². The largest absolute Gasteiger partial charge is 0.480 e. The molecule has 5 rings (SSSR count). The molecule has 0 unspecified atom stereocenters. The molecule has 2 aliphatic heterocycles. The van der Waals surface area contributed by atoms with Crippen LogP contribution in [0.1, 0.15) is 17.0 Å². The zero-order valence-electron chi connectivity index (χ0n) is 16.7. The van der Waals surface area contributed by atoms with Crippen molar-refractivity contribution in [2.24, 2.45) is 0 Å². The average Bonchev–Trinajstić information content (AvgIpc) is 2.82. The van der Waals surface area contributed by atoms with E-state index in [2.05, 4.69) is 14.9 Å². The summed E-state index contributed by atoms with van der Waals surface area (Å²) in [6.07, 6.45) is 3.31. The van der Waals surface area contributed by atoms with Gasteiger partial charge in [-0.05, 0) is 12.1 Å². The Bertz CT molecular complexity index is 1030. The standard InChI is InChI=1S/C23H22N4O3/c1-29-21-15-24-14-20(25-21)26-10-12-27(13-11-26)23(28)22-16-6-2-4-8-18(16)30-19-9-5-3-7-17(19)22/h2-9,14-15,22H,10-13H2,1H3. The van der Waals surface area contributed by atoms with Crippen molar-refractivity contribution in [3.63, 3.8) is 0 Å². The van der Waals surface area contributed by atoms with Crippen LogP contribution < -0.4 is 14.4 Å². The first-order valence-electron chi connectivity index (χ1n) is 10.00. The monoisotopic (exact) mass is 402 g/mol. The zero-order chi connectivity index (χ0) is 20.5. The van der Waals surface area contributed by atoms with Crippen LogP contribution in [0.3, 0.4) is 0 Å². The molecule has 0 radical (unpaired) electrons. The number of ether oxygens (including phenoxy) is 2. The second-order valence-corrected chi connectivity index (χ2v) is 7.34. The number of fused-ring (bicyclic) bond motifs is 2. The summed E-state index contributed by atoms with van der Waals surface area (Å²) in [6.45, 7) is 2.64. The average molecular weight is 402 g/mol. The number of carbonyl (C=O) groups excluding carboxylic acids is 1. The molecule has 1 aromatic heterocycles. The Labute approximate surface area is 174 Å². The highest BCUT2D eigenvalue weighted by Crippen LogP contribution is 2.44. The van der Waals surface area contributed by atoms with Gasteiger partial charge in [0.2, 0.25) is 11.8 Å². The van der Waals surface area contributed by atoms with Gasteiger partial charge in [-0.1, -0.05) is 36.4 Å². The smallest absolute Gasteiger partial charge is 0.234 e. The summed E-state index contributed by atoms with van der Waals surface area (Å²) < 4.78 is 11.2. The van der Waals surface area contributed by atoms with Crippen molar-refractivity contribution in [2.45, 2.75) is 5.92 Å². The molecule has 3 heterocycles. The van der Waals surface area contributed by atoms with Gasteiger partial charge in [-0.15, -0.1) is 0 Å². The predicted molar refractivity (Wildman–Crippen MR) is 112 cm³/mol. The lowest BCUT2D eigenvalue weighted by atomic mass is 9.86. The Balaban J connectivity index is 1.37. The summed E-state index contributed by atoms with van der Waals surface area (Å²) in [5.74, 6) is 2.51. The highest BCUT2D eigenvalue weighted by atomic mass is 16.5. The third kappa shape index (κ3) is 3.22. The summed E-state index contributed by atoms with van der Waals surface area (Å²) >= 11 is 0. The van der Waals surface area contributed by atoms with Crippen molar-refractivity contribution in [2.75, 3.05) is 38.2 Å². The number of methoxy groups -OCH3 is 1. The Morgan fingerprint density at radius 1 is 0.967 bits per heavy atom. The van der Waals surface area contributed by atoms with Gasteiger partial charge in [0.25, 0.3) is 0 Å². The maximum absolute atomic E-state index is 13.6. The van der Waals surface area contributed by atoms with Crippen molar-refractivity contribution in [3.05, 3.63) is 72.1 Å². The van der Waals surface area contributed by atoms with E-state index in [0.717, 1.165) is 28.4 Å². The fraction of sp³-hybridized carbons (Fsp3) is 0.261. The molecule has 7 heteroatoms. The molecule has 3 aromatic rings. The second-order valence-electron chi connectivity index (χ2n) is 7.34. The summed E-state index contributed by atoms with van der Waals surface area (Å²) in [7, 11) is 1.58. The summed E-state index contributed by atoms with van der Waals surface area (Å²) in [4.78, 5) is 26.3. The van der Waals surface area contributed by atoms with Crippen LogP contribution in [-0.2, 0) is 4.79 Å². The summed E-state index contributed by atoms with van der Waals surface area (Å²) in [5.41, 5.74) is 1.84. The maximum atomic E-state index is 13.6. The molecule has 0 N–H and O–H groups in total. The lowest BCUT2D eigenvalue weighted by Gasteiger charge is -2.38. The highest BCUT2D eigenvalue weighted by molar-refractivity contribution is 5.90. The number of aromatic nitrogens is 2. The molecule has 0 atom stereocenters. The molecule has 0 spiro atoms. The molecule has 0 aliphatic carbocycles. The predicted octanol–water partition coefficient (Wildman–Crippen LogP) is 3.07. The van der Waals surface area contributed by atoms with Crippen LogP contribution in [0.25, 0.3) is 0 Å². The van der Waals surface area contributed by atoms with Crippen LogP contribution in [0.5, 0.6) is 17.4 Å². The van der Waals surface area contributed by atoms with E-state index >= 15 is 0 Å². The normalized spacial score (nSPS) is 15.8. The van der Waals surface area contributed by atoms with E-state index in [-0.39, 0.29) is 11.8 Å². The molecular formula is C23H22N4O3. The number of anilines is 1. The minimum atomic E-state index is -0.352. The fourth-order valence-electron chi connectivity index (χ4n) is 4.10. The van der Waals surface area contributed by atoms with Gasteiger partial charge in [0.15, 0.2) is 5.82 Å². The molecule has 1 saturated heterocycles. The number of hydrogen-bond acceptors (Lipinski definition) is 6. The number of nitrogens with zero attached hydrogens (tertiary/aromatic N) is 4. The van der Waals surface area contributed by atoms with Crippen LogP contribution in [0.4, 0.5) is 5.82 Å².